The minimum absolute atomic E-state index is 0. The van der Waals surface area contributed by atoms with Crippen molar-refractivity contribution in [3.8, 4) is 5.75 Å². The molecule has 0 aliphatic carbocycles. The zero-order chi connectivity index (χ0) is 18.0. The Morgan fingerprint density at radius 1 is 1.27 bits per heavy atom. The summed E-state index contributed by atoms with van der Waals surface area (Å²) < 4.78 is 33.8. The molecule has 1 atom stereocenters. The second-order valence-electron chi connectivity index (χ2n) is 5.85. The van der Waals surface area contributed by atoms with Gasteiger partial charge in [0.1, 0.15) is 5.75 Å². The minimum atomic E-state index is -3.49. The predicted molar refractivity (Wildman–Crippen MR) is 98.7 cm³/mol. The average molecular weight is 401 g/mol. The molecule has 1 saturated heterocycles. The molecule has 142 valence electrons. The van der Waals surface area contributed by atoms with E-state index in [4.69, 9.17) is 9.15 Å². The molecule has 0 saturated carbocycles. The van der Waals surface area contributed by atoms with E-state index in [9.17, 15) is 13.2 Å². The van der Waals surface area contributed by atoms with Crippen LogP contribution in [0, 0.1) is 0 Å². The molecule has 0 radical (unpaired) electrons. The standard InChI is InChI=1S/C17H20N2O5S.ClH/c1-23-14-6-4-3-5-12(14)13-11-18-9-10-19(13)17(20)15-7-8-16(24-15)25(2,21)22;/h3-8,13,18H,9-11H2,1-2H3;1H. The molecular formula is C17H21ClN2O5S. The minimum Gasteiger partial charge on any atom is -0.496 e. The van der Waals surface area contributed by atoms with E-state index in [2.05, 4.69) is 5.32 Å². The molecule has 1 amide bonds. The van der Waals surface area contributed by atoms with Gasteiger partial charge in [0.15, 0.2) is 5.76 Å². The molecule has 1 aliphatic rings. The van der Waals surface area contributed by atoms with Gasteiger partial charge < -0.3 is 19.4 Å². The molecule has 1 aromatic carbocycles. The summed E-state index contributed by atoms with van der Waals surface area (Å²) in [6.07, 6.45) is 1.04. The van der Waals surface area contributed by atoms with Crippen molar-refractivity contribution in [1.29, 1.82) is 0 Å². The van der Waals surface area contributed by atoms with E-state index in [-0.39, 0.29) is 35.2 Å². The fourth-order valence-electron chi connectivity index (χ4n) is 2.94. The lowest BCUT2D eigenvalue weighted by Crippen LogP contribution is -2.48. The largest absolute Gasteiger partial charge is 0.496 e. The average Bonchev–Trinajstić information content (AvgIpc) is 3.11. The van der Waals surface area contributed by atoms with E-state index in [0.717, 1.165) is 11.8 Å². The van der Waals surface area contributed by atoms with Crippen LogP contribution in [0.25, 0.3) is 0 Å². The number of hydrogen-bond donors (Lipinski definition) is 1. The highest BCUT2D eigenvalue weighted by Crippen LogP contribution is 2.31. The van der Waals surface area contributed by atoms with Crippen LogP contribution >= 0.6 is 12.4 Å². The summed E-state index contributed by atoms with van der Waals surface area (Å²) in [7, 11) is -1.90. The molecule has 1 unspecified atom stereocenters. The van der Waals surface area contributed by atoms with Crippen molar-refractivity contribution >= 4 is 28.2 Å². The van der Waals surface area contributed by atoms with Gasteiger partial charge in [0.05, 0.1) is 13.2 Å². The van der Waals surface area contributed by atoms with Crippen molar-refractivity contribution in [3.63, 3.8) is 0 Å². The third-order valence-corrected chi connectivity index (χ3v) is 5.11. The van der Waals surface area contributed by atoms with E-state index in [1.54, 1.807) is 12.0 Å². The number of ether oxygens (including phenoxy) is 1. The number of rotatable bonds is 4. The van der Waals surface area contributed by atoms with E-state index < -0.39 is 9.84 Å². The van der Waals surface area contributed by atoms with Gasteiger partial charge >= 0.3 is 0 Å². The van der Waals surface area contributed by atoms with Crippen LogP contribution in [0.15, 0.2) is 45.9 Å². The third-order valence-electron chi connectivity index (χ3n) is 4.16. The van der Waals surface area contributed by atoms with Crippen LogP contribution in [-0.4, -0.2) is 52.2 Å². The SMILES string of the molecule is COc1ccccc1C1CNCCN1C(=O)c1ccc(S(C)(=O)=O)o1.Cl. The van der Waals surface area contributed by atoms with Crippen LogP contribution in [0.2, 0.25) is 0 Å². The number of methoxy groups -OCH3 is 1. The van der Waals surface area contributed by atoms with Crippen molar-refractivity contribution < 1.29 is 22.4 Å². The Morgan fingerprint density at radius 2 is 2.00 bits per heavy atom. The number of nitrogens with one attached hydrogen (secondary N) is 1. The Labute approximate surface area is 158 Å². The summed E-state index contributed by atoms with van der Waals surface area (Å²) in [4.78, 5) is 14.6. The highest BCUT2D eigenvalue weighted by molar-refractivity contribution is 7.90. The molecule has 1 aromatic heterocycles. The van der Waals surface area contributed by atoms with E-state index >= 15 is 0 Å². The number of furan rings is 1. The summed E-state index contributed by atoms with van der Waals surface area (Å²) in [6, 6.07) is 10.0. The molecular weight excluding hydrogens is 380 g/mol. The van der Waals surface area contributed by atoms with Crippen molar-refractivity contribution in [3.05, 3.63) is 47.7 Å². The Balaban J connectivity index is 0.00000243. The van der Waals surface area contributed by atoms with Crippen LogP contribution in [0.3, 0.4) is 0 Å². The van der Waals surface area contributed by atoms with Crippen LogP contribution in [0.5, 0.6) is 5.75 Å². The molecule has 9 heteroatoms. The highest BCUT2D eigenvalue weighted by Gasteiger charge is 2.32. The lowest BCUT2D eigenvalue weighted by Gasteiger charge is -2.36. The maximum atomic E-state index is 12.9. The van der Waals surface area contributed by atoms with Crippen molar-refractivity contribution in [1.82, 2.24) is 10.2 Å². The van der Waals surface area contributed by atoms with Crippen molar-refractivity contribution in [2.24, 2.45) is 0 Å². The summed E-state index contributed by atoms with van der Waals surface area (Å²) in [5.74, 6) is 0.375. The molecule has 2 aromatic rings. The molecule has 3 rings (SSSR count). The van der Waals surface area contributed by atoms with Crippen LogP contribution < -0.4 is 10.1 Å². The number of amides is 1. The van der Waals surface area contributed by atoms with Gasteiger partial charge in [-0.05, 0) is 18.2 Å². The zero-order valence-electron chi connectivity index (χ0n) is 14.5. The Hall–Kier alpha value is -2.03. The van der Waals surface area contributed by atoms with Gasteiger partial charge in [-0.3, -0.25) is 4.79 Å². The Morgan fingerprint density at radius 3 is 2.65 bits per heavy atom. The number of carbonyl (C=O) groups excluding carboxylic acids is 1. The number of piperazine rings is 1. The van der Waals surface area contributed by atoms with Crippen LogP contribution in [0.1, 0.15) is 22.2 Å². The maximum Gasteiger partial charge on any atom is 0.290 e. The van der Waals surface area contributed by atoms with Gasteiger partial charge in [-0.25, -0.2) is 8.42 Å². The smallest absolute Gasteiger partial charge is 0.290 e. The number of nitrogens with zero attached hydrogens (tertiary/aromatic N) is 1. The summed E-state index contributed by atoms with van der Waals surface area (Å²) in [6.45, 7) is 1.71. The summed E-state index contributed by atoms with van der Waals surface area (Å²) in [5.41, 5.74) is 0.889. The normalized spacial score (nSPS) is 17.5. The zero-order valence-corrected chi connectivity index (χ0v) is 16.1. The first-order chi connectivity index (χ1) is 11.9. The predicted octanol–water partition coefficient (Wildman–Crippen LogP) is 1.90. The summed E-state index contributed by atoms with van der Waals surface area (Å²) >= 11 is 0. The Kier molecular flexibility index (Phi) is 6.33. The monoisotopic (exact) mass is 400 g/mol. The fourth-order valence-corrected chi connectivity index (χ4v) is 3.50. The Bertz CT molecular complexity index is 881. The molecule has 1 fully saturated rings. The second-order valence-corrected chi connectivity index (χ2v) is 7.80. The lowest BCUT2D eigenvalue weighted by molar-refractivity contribution is 0.0593. The number of sulfone groups is 1. The fraction of sp³-hybridized carbons (Fsp3) is 0.353. The molecule has 2 heterocycles. The van der Waals surface area contributed by atoms with Crippen molar-refractivity contribution in [2.45, 2.75) is 11.1 Å². The van der Waals surface area contributed by atoms with Gasteiger partial charge in [-0.2, -0.15) is 0 Å². The van der Waals surface area contributed by atoms with Gasteiger partial charge in [-0.1, -0.05) is 18.2 Å². The highest BCUT2D eigenvalue weighted by atomic mass is 35.5. The van der Waals surface area contributed by atoms with Gasteiger partial charge in [-0.15, -0.1) is 12.4 Å². The number of para-hydroxylation sites is 1. The third kappa shape index (κ3) is 4.03. The van der Waals surface area contributed by atoms with Crippen LogP contribution in [0.4, 0.5) is 0 Å². The van der Waals surface area contributed by atoms with E-state index in [1.165, 1.54) is 12.1 Å². The lowest BCUT2D eigenvalue weighted by atomic mass is 10.0. The first-order valence-corrected chi connectivity index (χ1v) is 9.75. The second kappa shape index (κ2) is 8.11. The van der Waals surface area contributed by atoms with Crippen molar-refractivity contribution in [2.75, 3.05) is 33.0 Å². The maximum absolute atomic E-state index is 12.9. The topological polar surface area (TPSA) is 88.9 Å². The molecule has 0 spiro atoms. The molecule has 1 aliphatic heterocycles. The van der Waals surface area contributed by atoms with Crippen LogP contribution in [-0.2, 0) is 9.84 Å². The first kappa shape index (κ1) is 20.3. The number of hydrogen-bond acceptors (Lipinski definition) is 6. The van der Waals surface area contributed by atoms with E-state index in [1.807, 2.05) is 24.3 Å². The van der Waals surface area contributed by atoms with E-state index in [0.29, 0.717) is 25.4 Å². The molecule has 0 bridgehead atoms. The van der Waals surface area contributed by atoms with Gasteiger partial charge in [0, 0.05) is 31.5 Å². The first-order valence-electron chi connectivity index (χ1n) is 7.86. The molecule has 7 nitrogen and oxygen atoms in total. The number of benzene rings is 1. The quantitative estimate of drug-likeness (QED) is 0.843. The van der Waals surface area contributed by atoms with Gasteiger partial charge in [0.2, 0.25) is 14.9 Å². The summed E-state index contributed by atoms with van der Waals surface area (Å²) in [5, 5.41) is 3.07. The van der Waals surface area contributed by atoms with Gasteiger partial charge in [0.25, 0.3) is 5.91 Å². The number of halogens is 1. The molecule has 1 N–H and O–H groups in total. The number of carbonyl (C=O) groups is 1. The molecule has 26 heavy (non-hydrogen) atoms.